The van der Waals surface area contributed by atoms with Gasteiger partial charge in [-0.2, -0.15) is 0 Å². The fourth-order valence-corrected chi connectivity index (χ4v) is 4.69. The maximum absolute atomic E-state index is 13.8. The van der Waals surface area contributed by atoms with Crippen molar-refractivity contribution in [2.24, 2.45) is 0 Å². The average molecular weight is 500 g/mol. The van der Waals surface area contributed by atoms with Gasteiger partial charge in [0.05, 0.1) is 17.0 Å². The Balaban J connectivity index is 1.36. The van der Waals surface area contributed by atoms with Gasteiger partial charge in [0, 0.05) is 63.1 Å². The zero-order chi connectivity index (χ0) is 25.8. The number of nitrogens with zero attached hydrogens (tertiary/aromatic N) is 2. The lowest BCUT2D eigenvalue weighted by Crippen LogP contribution is -2.44. The van der Waals surface area contributed by atoms with Crippen molar-refractivity contribution in [3.63, 3.8) is 0 Å². The van der Waals surface area contributed by atoms with Crippen molar-refractivity contribution >= 4 is 40.1 Å². The molecule has 2 aliphatic heterocycles. The molecule has 0 atom stereocenters. The zero-order valence-corrected chi connectivity index (χ0v) is 20.8. The van der Waals surface area contributed by atoms with Gasteiger partial charge >= 0.3 is 0 Å². The summed E-state index contributed by atoms with van der Waals surface area (Å²) >= 11 is 0. The van der Waals surface area contributed by atoms with E-state index in [-0.39, 0.29) is 11.8 Å². The summed E-state index contributed by atoms with van der Waals surface area (Å²) in [5.74, 6) is -0.632. The second-order valence-corrected chi connectivity index (χ2v) is 9.23. The number of halogens is 1. The summed E-state index contributed by atoms with van der Waals surface area (Å²) in [6.07, 6.45) is 0.468. The van der Waals surface area contributed by atoms with Crippen LogP contribution in [-0.4, -0.2) is 56.5 Å². The van der Waals surface area contributed by atoms with Gasteiger partial charge in [-0.05, 0) is 48.0 Å². The predicted molar refractivity (Wildman–Crippen MR) is 146 cm³/mol. The van der Waals surface area contributed by atoms with Crippen molar-refractivity contribution in [2.75, 3.05) is 55.3 Å². The number of rotatable bonds is 7. The number of nitrogens with one attached hydrogen (secondary N) is 3. The van der Waals surface area contributed by atoms with Crippen LogP contribution in [0.15, 0.2) is 72.8 Å². The Kier molecular flexibility index (Phi) is 7.30. The number of piperazine rings is 1. The largest absolute Gasteiger partial charge is 0.354 e. The SMILES string of the molecule is CN(C(=O)CCN1CCNCC1)c1ccc(N/C(=C2\C(=O)Nc3cc(F)ccc32)c2ccccc2)cc1. The van der Waals surface area contributed by atoms with Crippen LogP contribution in [0.3, 0.4) is 0 Å². The Hall–Kier alpha value is -4.01. The number of anilines is 3. The molecule has 0 radical (unpaired) electrons. The Labute approximate surface area is 216 Å². The molecular weight excluding hydrogens is 469 g/mol. The maximum atomic E-state index is 13.8. The van der Waals surface area contributed by atoms with Crippen molar-refractivity contribution < 1.29 is 14.0 Å². The Morgan fingerprint density at radius 3 is 2.49 bits per heavy atom. The minimum Gasteiger partial charge on any atom is -0.354 e. The van der Waals surface area contributed by atoms with Gasteiger partial charge in [-0.25, -0.2) is 4.39 Å². The van der Waals surface area contributed by atoms with Gasteiger partial charge in [0.2, 0.25) is 5.91 Å². The molecule has 2 heterocycles. The molecule has 37 heavy (non-hydrogen) atoms. The van der Waals surface area contributed by atoms with Crippen LogP contribution in [0.4, 0.5) is 21.5 Å². The predicted octanol–water partition coefficient (Wildman–Crippen LogP) is 4.02. The van der Waals surface area contributed by atoms with Crippen LogP contribution >= 0.6 is 0 Å². The molecule has 1 saturated heterocycles. The second-order valence-electron chi connectivity index (χ2n) is 9.23. The van der Waals surface area contributed by atoms with Gasteiger partial charge in [0.15, 0.2) is 0 Å². The molecule has 190 valence electrons. The quantitative estimate of drug-likeness (QED) is 0.428. The highest BCUT2D eigenvalue weighted by molar-refractivity contribution is 6.37. The summed E-state index contributed by atoms with van der Waals surface area (Å²) in [6.45, 7) is 4.61. The topological polar surface area (TPSA) is 76.7 Å². The van der Waals surface area contributed by atoms with Crippen molar-refractivity contribution in [3.8, 4) is 0 Å². The van der Waals surface area contributed by atoms with Crippen LogP contribution in [0.5, 0.6) is 0 Å². The molecule has 2 aliphatic rings. The summed E-state index contributed by atoms with van der Waals surface area (Å²) < 4.78 is 13.8. The minimum atomic E-state index is -0.406. The highest BCUT2D eigenvalue weighted by Crippen LogP contribution is 2.38. The molecule has 7 nitrogen and oxygen atoms in total. The van der Waals surface area contributed by atoms with E-state index in [0.717, 1.165) is 49.7 Å². The van der Waals surface area contributed by atoms with E-state index in [0.29, 0.717) is 28.9 Å². The summed E-state index contributed by atoms with van der Waals surface area (Å²) in [5.41, 5.74) is 4.55. The molecule has 2 amide bonds. The number of carbonyl (C=O) groups excluding carboxylic acids is 2. The van der Waals surface area contributed by atoms with Gasteiger partial charge in [0.1, 0.15) is 5.82 Å². The normalized spacial score (nSPS) is 16.6. The fraction of sp³-hybridized carbons (Fsp3) is 0.241. The van der Waals surface area contributed by atoms with E-state index in [9.17, 15) is 14.0 Å². The molecule has 3 aromatic carbocycles. The first-order chi connectivity index (χ1) is 18.0. The third-order valence-corrected chi connectivity index (χ3v) is 6.79. The lowest BCUT2D eigenvalue weighted by Gasteiger charge is -2.27. The lowest BCUT2D eigenvalue weighted by molar-refractivity contribution is -0.118. The minimum absolute atomic E-state index is 0.0674. The first-order valence-corrected chi connectivity index (χ1v) is 12.5. The number of fused-ring (bicyclic) bond motifs is 1. The van der Waals surface area contributed by atoms with Crippen molar-refractivity contribution in [2.45, 2.75) is 6.42 Å². The number of carbonyl (C=O) groups is 2. The molecule has 3 N–H and O–H groups in total. The van der Waals surface area contributed by atoms with Gasteiger partial charge in [-0.1, -0.05) is 30.3 Å². The highest BCUT2D eigenvalue weighted by Gasteiger charge is 2.28. The first kappa shape index (κ1) is 24.7. The molecule has 5 rings (SSSR count). The first-order valence-electron chi connectivity index (χ1n) is 12.5. The van der Waals surface area contributed by atoms with E-state index in [1.807, 2.05) is 54.6 Å². The Morgan fingerprint density at radius 1 is 1.03 bits per heavy atom. The molecule has 0 unspecified atom stereocenters. The molecule has 0 saturated carbocycles. The number of amides is 2. The monoisotopic (exact) mass is 499 g/mol. The standard InChI is InChI=1S/C29H30FN5O2/c1-34(26(36)13-16-35-17-14-31-15-18-35)23-10-8-22(9-11-23)32-28(20-5-3-2-4-6-20)27-24-12-7-21(30)19-25(24)33-29(27)37/h2-12,19,31-32H,13-18H2,1H3,(H,33,37)/b28-27-. The molecule has 8 heteroatoms. The third kappa shape index (κ3) is 5.55. The molecule has 0 spiro atoms. The second kappa shape index (κ2) is 10.9. The van der Waals surface area contributed by atoms with E-state index in [1.54, 1.807) is 18.0 Å². The molecule has 0 aliphatic carbocycles. The van der Waals surface area contributed by atoms with Crippen LogP contribution in [0.2, 0.25) is 0 Å². The van der Waals surface area contributed by atoms with Gasteiger partial charge in [-0.3, -0.25) is 9.59 Å². The highest BCUT2D eigenvalue weighted by atomic mass is 19.1. The summed E-state index contributed by atoms with van der Waals surface area (Å²) in [5, 5.41) is 9.49. The van der Waals surface area contributed by atoms with E-state index < -0.39 is 5.82 Å². The molecule has 1 fully saturated rings. The van der Waals surface area contributed by atoms with Crippen molar-refractivity contribution in [1.29, 1.82) is 0 Å². The van der Waals surface area contributed by atoms with Gasteiger partial charge < -0.3 is 25.8 Å². The van der Waals surface area contributed by atoms with Crippen LogP contribution in [-0.2, 0) is 9.59 Å². The summed E-state index contributed by atoms with van der Waals surface area (Å²) in [4.78, 5) is 29.7. The Morgan fingerprint density at radius 2 is 1.76 bits per heavy atom. The Bertz CT molecular complexity index is 1320. The smallest absolute Gasteiger partial charge is 0.258 e. The lowest BCUT2D eigenvalue weighted by atomic mass is 10.00. The van der Waals surface area contributed by atoms with E-state index >= 15 is 0 Å². The van der Waals surface area contributed by atoms with Crippen LogP contribution in [0.25, 0.3) is 11.3 Å². The molecular formula is C29H30FN5O2. The van der Waals surface area contributed by atoms with Crippen LogP contribution < -0.4 is 20.9 Å². The number of benzene rings is 3. The van der Waals surface area contributed by atoms with E-state index in [4.69, 9.17) is 0 Å². The van der Waals surface area contributed by atoms with E-state index in [1.165, 1.54) is 12.1 Å². The van der Waals surface area contributed by atoms with Crippen LogP contribution in [0, 0.1) is 5.82 Å². The number of hydrogen-bond donors (Lipinski definition) is 3. The molecule has 0 bridgehead atoms. The van der Waals surface area contributed by atoms with Gasteiger partial charge in [-0.15, -0.1) is 0 Å². The fourth-order valence-electron chi connectivity index (χ4n) is 4.69. The van der Waals surface area contributed by atoms with E-state index in [2.05, 4.69) is 20.9 Å². The average Bonchev–Trinajstić information content (AvgIpc) is 3.25. The molecule has 0 aromatic heterocycles. The maximum Gasteiger partial charge on any atom is 0.258 e. The summed E-state index contributed by atoms with van der Waals surface area (Å²) in [7, 11) is 1.79. The zero-order valence-electron chi connectivity index (χ0n) is 20.8. The van der Waals surface area contributed by atoms with Crippen molar-refractivity contribution in [3.05, 3.63) is 89.7 Å². The van der Waals surface area contributed by atoms with Crippen molar-refractivity contribution in [1.82, 2.24) is 10.2 Å². The third-order valence-electron chi connectivity index (χ3n) is 6.79. The van der Waals surface area contributed by atoms with Crippen LogP contribution in [0.1, 0.15) is 17.5 Å². The molecule has 3 aromatic rings. The number of hydrogen-bond acceptors (Lipinski definition) is 5. The summed E-state index contributed by atoms with van der Waals surface area (Å²) in [6, 6.07) is 21.4. The van der Waals surface area contributed by atoms with Gasteiger partial charge in [0.25, 0.3) is 5.91 Å².